The third-order valence-corrected chi connectivity index (χ3v) is 5.29. The summed E-state index contributed by atoms with van der Waals surface area (Å²) < 4.78 is 0. The lowest BCUT2D eigenvalue weighted by atomic mass is 9.89. The molecule has 4 nitrogen and oxygen atoms in total. The van der Waals surface area contributed by atoms with Gasteiger partial charge in [-0.1, -0.05) is 41.9 Å². The topological polar surface area (TPSA) is 48.1 Å². The number of halogens is 1. The second kappa shape index (κ2) is 6.81. The summed E-state index contributed by atoms with van der Waals surface area (Å²) in [5.74, 6) is 0.487. The number of likely N-dealkylation sites (tertiary alicyclic amines) is 1. The van der Waals surface area contributed by atoms with Gasteiger partial charge in [0.1, 0.15) is 0 Å². The van der Waals surface area contributed by atoms with Crippen LogP contribution in [0.25, 0.3) is 10.9 Å². The number of amides is 2. The number of hydrogen-bond acceptors (Lipinski definition) is 1. The van der Waals surface area contributed by atoms with Crippen molar-refractivity contribution in [1.82, 2.24) is 9.88 Å². The molecule has 2 amide bonds. The second-order valence-electron chi connectivity index (χ2n) is 6.46. The number of rotatable bonds is 2. The van der Waals surface area contributed by atoms with Gasteiger partial charge in [0, 0.05) is 30.2 Å². The number of hydrogen-bond donors (Lipinski definition) is 2. The summed E-state index contributed by atoms with van der Waals surface area (Å²) in [6.45, 7) is 1.50. The fraction of sp³-hybridized carbons (Fsp3) is 0.250. The maximum Gasteiger partial charge on any atom is 0.321 e. The lowest BCUT2D eigenvalue weighted by Gasteiger charge is -2.32. The van der Waals surface area contributed by atoms with Crippen molar-refractivity contribution in [2.24, 2.45) is 0 Å². The van der Waals surface area contributed by atoms with Crippen LogP contribution in [0.4, 0.5) is 10.5 Å². The summed E-state index contributed by atoms with van der Waals surface area (Å²) in [4.78, 5) is 17.7. The van der Waals surface area contributed by atoms with Crippen molar-refractivity contribution in [2.75, 3.05) is 18.4 Å². The number of para-hydroxylation sites is 2. The van der Waals surface area contributed by atoms with E-state index in [-0.39, 0.29) is 6.03 Å². The van der Waals surface area contributed by atoms with E-state index in [1.54, 1.807) is 6.07 Å². The van der Waals surface area contributed by atoms with E-state index in [0.29, 0.717) is 16.6 Å². The Hall–Kier alpha value is -2.46. The van der Waals surface area contributed by atoms with Crippen LogP contribution < -0.4 is 5.32 Å². The van der Waals surface area contributed by atoms with Crippen molar-refractivity contribution < 1.29 is 4.79 Å². The van der Waals surface area contributed by atoms with Gasteiger partial charge in [-0.15, -0.1) is 0 Å². The Morgan fingerprint density at radius 3 is 2.60 bits per heavy atom. The number of urea groups is 1. The first kappa shape index (κ1) is 16.0. The molecule has 1 fully saturated rings. The summed E-state index contributed by atoms with van der Waals surface area (Å²) in [5, 5.41) is 4.76. The van der Waals surface area contributed by atoms with Gasteiger partial charge < -0.3 is 15.2 Å². The van der Waals surface area contributed by atoms with Crippen LogP contribution >= 0.6 is 11.6 Å². The highest BCUT2D eigenvalue weighted by molar-refractivity contribution is 6.33. The van der Waals surface area contributed by atoms with E-state index in [9.17, 15) is 4.79 Å². The third kappa shape index (κ3) is 3.22. The number of benzene rings is 2. The molecular weight excluding hydrogens is 334 g/mol. The number of nitrogens with one attached hydrogen (secondary N) is 2. The van der Waals surface area contributed by atoms with E-state index in [2.05, 4.69) is 34.7 Å². The zero-order chi connectivity index (χ0) is 17.2. The highest BCUT2D eigenvalue weighted by Gasteiger charge is 2.25. The molecule has 0 spiro atoms. The van der Waals surface area contributed by atoms with Crippen molar-refractivity contribution >= 4 is 34.2 Å². The van der Waals surface area contributed by atoms with Crippen molar-refractivity contribution in [3.63, 3.8) is 0 Å². The molecule has 2 heterocycles. The number of carbonyl (C=O) groups excluding carboxylic acids is 1. The first-order valence-electron chi connectivity index (χ1n) is 8.59. The van der Waals surface area contributed by atoms with Crippen LogP contribution in [0.3, 0.4) is 0 Å². The van der Waals surface area contributed by atoms with Gasteiger partial charge in [0.15, 0.2) is 0 Å². The minimum absolute atomic E-state index is 0.0783. The molecule has 3 aromatic rings. The summed E-state index contributed by atoms with van der Waals surface area (Å²) >= 11 is 6.12. The number of nitrogens with zero attached hydrogens (tertiary/aromatic N) is 1. The number of H-pyrrole nitrogens is 1. The van der Waals surface area contributed by atoms with E-state index in [1.807, 2.05) is 29.2 Å². The summed E-state index contributed by atoms with van der Waals surface area (Å²) in [6.07, 6.45) is 4.06. The van der Waals surface area contributed by atoms with E-state index in [4.69, 9.17) is 11.6 Å². The van der Waals surface area contributed by atoms with Gasteiger partial charge in [-0.25, -0.2) is 4.79 Å². The van der Waals surface area contributed by atoms with Crippen molar-refractivity contribution in [1.29, 1.82) is 0 Å². The molecule has 5 heteroatoms. The minimum Gasteiger partial charge on any atom is -0.361 e. The third-order valence-electron chi connectivity index (χ3n) is 4.96. The predicted octanol–water partition coefficient (Wildman–Crippen LogP) is 5.23. The van der Waals surface area contributed by atoms with Gasteiger partial charge in [-0.05, 0) is 42.5 Å². The van der Waals surface area contributed by atoms with Crippen LogP contribution in [-0.4, -0.2) is 29.0 Å². The van der Waals surface area contributed by atoms with E-state index in [0.717, 1.165) is 25.9 Å². The number of fused-ring (bicyclic) bond motifs is 1. The molecule has 0 radical (unpaired) electrons. The molecule has 1 aliphatic heterocycles. The number of anilines is 1. The normalized spacial score (nSPS) is 15.5. The molecule has 4 rings (SSSR count). The maximum atomic E-state index is 12.5. The van der Waals surface area contributed by atoms with Crippen LogP contribution in [0.1, 0.15) is 24.3 Å². The Labute approximate surface area is 151 Å². The average molecular weight is 354 g/mol. The molecule has 0 saturated carbocycles. The van der Waals surface area contributed by atoms with Crippen LogP contribution in [0.2, 0.25) is 5.02 Å². The smallest absolute Gasteiger partial charge is 0.321 e. The molecule has 0 atom stereocenters. The van der Waals surface area contributed by atoms with E-state index in [1.165, 1.54) is 16.5 Å². The molecule has 0 bridgehead atoms. The highest BCUT2D eigenvalue weighted by atomic mass is 35.5. The lowest BCUT2D eigenvalue weighted by molar-refractivity contribution is 0.195. The standard InChI is InChI=1S/C20H20ClN3O/c21-17-6-2-4-8-19(17)23-20(25)24-11-9-14(10-12-24)16-13-22-18-7-3-1-5-15(16)18/h1-8,13-14,22H,9-12H2,(H,23,25). The molecule has 1 aromatic heterocycles. The SMILES string of the molecule is O=C(Nc1ccccc1Cl)N1CCC(c2c[nH]c3ccccc23)CC1. The lowest BCUT2D eigenvalue weighted by Crippen LogP contribution is -2.40. The van der Waals surface area contributed by atoms with Crippen LogP contribution in [-0.2, 0) is 0 Å². The quantitative estimate of drug-likeness (QED) is 0.650. The number of aromatic amines is 1. The monoisotopic (exact) mass is 353 g/mol. The molecule has 0 aliphatic carbocycles. The van der Waals surface area contributed by atoms with Crippen LogP contribution in [0.15, 0.2) is 54.7 Å². The Morgan fingerprint density at radius 1 is 1.08 bits per heavy atom. The zero-order valence-electron chi connectivity index (χ0n) is 13.8. The number of aromatic nitrogens is 1. The van der Waals surface area contributed by atoms with Gasteiger partial charge in [0.25, 0.3) is 0 Å². The summed E-state index contributed by atoms with van der Waals surface area (Å²) in [7, 11) is 0. The first-order valence-corrected chi connectivity index (χ1v) is 8.96. The molecule has 2 aromatic carbocycles. The molecule has 2 N–H and O–H groups in total. The number of piperidine rings is 1. The van der Waals surface area contributed by atoms with Gasteiger partial charge in [-0.3, -0.25) is 0 Å². The van der Waals surface area contributed by atoms with E-state index >= 15 is 0 Å². The molecule has 1 aliphatic rings. The molecular formula is C20H20ClN3O. The van der Waals surface area contributed by atoms with Crippen LogP contribution in [0, 0.1) is 0 Å². The van der Waals surface area contributed by atoms with Gasteiger partial charge in [0.2, 0.25) is 0 Å². The first-order chi connectivity index (χ1) is 12.2. The largest absolute Gasteiger partial charge is 0.361 e. The van der Waals surface area contributed by atoms with Crippen molar-refractivity contribution in [3.8, 4) is 0 Å². The second-order valence-corrected chi connectivity index (χ2v) is 6.87. The van der Waals surface area contributed by atoms with Gasteiger partial charge in [0.05, 0.1) is 10.7 Å². The average Bonchev–Trinajstić information content (AvgIpc) is 3.08. The fourth-order valence-corrected chi connectivity index (χ4v) is 3.77. The Balaban J connectivity index is 1.41. The Bertz CT molecular complexity index is 897. The maximum absolute atomic E-state index is 12.5. The molecule has 1 saturated heterocycles. The summed E-state index contributed by atoms with van der Waals surface area (Å²) in [5.41, 5.74) is 3.20. The Morgan fingerprint density at radius 2 is 1.80 bits per heavy atom. The van der Waals surface area contributed by atoms with Crippen molar-refractivity contribution in [3.05, 3.63) is 65.3 Å². The number of carbonyl (C=O) groups is 1. The molecule has 25 heavy (non-hydrogen) atoms. The summed E-state index contributed by atoms with van der Waals surface area (Å²) in [6, 6.07) is 15.6. The van der Waals surface area contributed by atoms with Crippen LogP contribution in [0.5, 0.6) is 0 Å². The van der Waals surface area contributed by atoms with E-state index < -0.39 is 0 Å². The van der Waals surface area contributed by atoms with Crippen molar-refractivity contribution in [2.45, 2.75) is 18.8 Å². The highest BCUT2D eigenvalue weighted by Crippen LogP contribution is 2.33. The minimum atomic E-state index is -0.0783. The molecule has 128 valence electrons. The predicted molar refractivity (Wildman–Crippen MR) is 102 cm³/mol. The van der Waals surface area contributed by atoms with Gasteiger partial charge >= 0.3 is 6.03 Å². The Kier molecular flexibility index (Phi) is 4.36. The van der Waals surface area contributed by atoms with Gasteiger partial charge in [-0.2, -0.15) is 0 Å². The fourth-order valence-electron chi connectivity index (χ4n) is 3.58. The molecule has 0 unspecified atom stereocenters. The zero-order valence-corrected chi connectivity index (χ0v) is 14.6.